The molecule has 0 bridgehead atoms. The molecule has 0 aromatic heterocycles. The summed E-state index contributed by atoms with van der Waals surface area (Å²) in [6.45, 7) is 4.70. The molecule has 0 heterocycles. The second-order valence-corrected chi connectivity index (χ2v) is 5.82. The van der Waals surface area contributed by atoms with E-state index >= 15 is 0 Å². The topological polar surface area (TPSA) is 64.3 Å². The third-order valence-corrected chi connectivity index (χ3v) is 4.82. The summed E-state index contributed by atoms with van der Waals surface area (Å²) >= 11 is 0. The van der Waals surface area contributed by atoms with Crippen LogP contribution in [-0.2, 0) is 9.53 Å². The molecule has 2 aliphatic carbocycles. The molecule has 3 unspecified atom stereocenters. The summed E-state index contributed by atoms with van der Waals surface area (Å²) in [5.74, 6) is -0.263. The first-order valence-corrected chi connectivity index (χ1v) is 7.27. The van der Waals surface area contributed by atoms with E-state index in [9.17, 15) is 4.79 Å². The van der Waals surface area contributed by atoms with Gasteiger partial charge in [0.25, 0.3) is 0 Å². The van der Waals surface area contributed by atoms with Gasteiger partial charge in [-0.15, -0.1) is 0 Å². The van der Waals surface area contributed by atoms with Crippen molar-refractivity contribution in [3.63, 3.8) is 0 Å². The Morgan fingerprint density at radius 2 is 2.11 bits per heavy atom. The van der Waals surface area contributed by atoms with Gasteiger partial charge in [0.05, 0.1) is 12.1 Å². The number of amides is 1. The number of nitrogens with one attached hydrogen (secondary N) is 1. The molecule has 2 aliphatic rings. The number of hydrogen-bond donors (Lipinski definition) is 2. The van der Waals surface area contributed by atoms with Crippen LogP contribution in [-0.4, -0.2) is 30.7 Å². The van der Waals surface area contributed by atoms with Crippen LogP contribution < -0.4 is 11.1 Å². The molecule has 2 saturated carbocycles. The highest BCUT2D eigenvalue weighted by Gasteiger charge is 2.55. The molecule has 0 aromatic carbocycles. The number of hydrogen-bond acceptors (Lipinski definition) is 3. The molecule has 0 radical (unpaired) electrons. The Hall–Kier alpha value is -0.610. The van der Waals surface area contributed by atoms with Crippen LogP contribution >= 0.6 is 0 Å². The summed E-state index contributed by atoms with van der Waals surface area (Å²) in [5, 5.41) is 3.41. The van der Waals surface area contributed by atoms with E-state index in [4.69, 9.17) is 10.5 Å². The zero-order valence-corrected chi connectivity index (χ0v) is 11.6. The molecule has 2 fully saturated rings. The van der Waals surface area contributed by atoms with Gasteiger partial charge < -0.3 is 15.8 Å². The summed E-state index contributed by atoms with van der Waals surface area (Å²) in [5.41, 5.74) is 5.60. The lowest BCUT2D eigenvalue weighted by Gasteiger charge is -2.58. The van der Waals surface area contributed by atoms with Gasteiger partial charge in [-0.3, -0.25) is 4.79 Å². The third-order valence-electron chi connectivity index (χ3n) is 4.82. The van der Waals surface area contributed by atoms with Crippen LogP contribution in [0.1, 0.15) is 52.4 Å². The van der Waals surface area contributed by atoms with Crippen LogP contribution in [0.15, 0.2) is 0 Å². The Labute approximate surface area is 110 Å². The fraction of sp³-hybridized carbons (Fsp3) is 0.929. The average Bonchev–Trinajstić information content (AvgIpc) is 2.38. The van der Waals surface area contributed by atoms with Gasteiger partial charge in [-0.05, 0) is 33.1 Å². The normalized spacial score (nSPS) is 31.9. The molecule has 2 rings (SSSR count). The molecular formula is C14H26N2O2. The first-order valence-electron chi connectivity index (χ1n) is 7.27. The van der Waals surface area contributed by atoms with E-state index in [1.165, 1.54) is 32.1 Å². The second kappa shape index (κ2) is 5.57. The molecule has 4 heteroatoms. The highest BCUT2D eigenvalue weighted by Crippen LogP contribution is 2.53. The molecule has 3 atom stereocenters. The number of primary amides is 1. The fourth-order valence-electron chi connectivity index (χ4n) is 3.68. The van der Waals surface area contributed by atoms with E-state index in [0.717, 1.165) is 13.0 Å². The summed E-state index contributed by atoms with van der Waals surface area (Å²) in [6, 6.07) is 0.160. The zero-order valence-electron chi connectivity index (χ0n) is 11.6. The highest BCUT2D eigenvalue weighted by molar-refractivity contribution is 5.79. The standard InChI is InChI=1S/C14H26N2O2/c1-3-18-12-9-11(16-10(2)13(15)17)14(12)7-5-4-6-8-14/h10-12,16H,3-9H2,1-2H3,(H2,15,17). The zero-order chi connectivity index (χ0) is 13.2. The molecule has 1 amide bonds. The smallest absolute Gasteiger partial charge is 0.234 e. The van der Waals surface area contributed by atoms with Crippen LogP contribution in [0.5, 0.6) is 0 Å². The van der Waals surface area contributed by atoms with E-state index in [0.29, 0.717) is 12.1 Å². The lowest BCUT2D eigenvalue weighted by molar-refractivity contribution is -0.153. The number of ether oxygens (including phenoxy) is 1. The maximum absolute atomic E-state index is 11.2. The SMILES string of the molecule is CCOC1CC(NC(C)C(N)=O)C12CCCCC2. The fourth-order valence-corrected chi connectivity index (χ4v) is 3.68. The van der Waals surface area contributed by atoms with Crippen LogP contribution in [0.25, 0.3) is 0 Å². The minimum atomic E-state index is -0.263. The molecule has 0 aromatic rings. The monoisotopic (exact) mass is 254 g/mol. The number of rotatable bonds is 5. The quantitative estimate of drug-likeness (QED) is 0.783. The lowest BCUT2D eigenvalue weighted by atomic mass is 9.55. The van der Waals surface area contributed by atoms with Crippen molar-refractivity contribution in [1.82, 2.24) is 5.32 Å². The lowest BCUT2D eigenvalue weighted by Crippen LogP contribution is -2.66. The number of carbonyl (C=O) groups is 1. The Morgan fingerprint density at radius 1 is 1.44 bits per heavy atom. The Bertz CT molecular complexity index is 300. The van der Waals surface area contributed by atoms with Crippen molar-refractivity contribution in [2.24, 2.45) is 11.1 Å². The highest BCUT2D eigenvalue weighted by atomic mass is 16.5. The van der Waals surface area contributed by atoms with Gasteiger partial charge in [-0.2, -0.15) is 0 Å². The van der Waals surface area contributed by atoms with E-state index < -0.39 is 0 Å². The predicted octanol–water partition coefficient (Wildman–Crippen LogP) is 1.58. The molecular weight excluding hydrogens is 228 g/mol. The summed E-state index contributed by atoms with van der Waals surface area (Å²) in [6.07, 6.45) is 7.74. The summed E-state index contributed by atoms with van der Waals surface area (Å²) in [4.78, 5) is 11.2. The van der Waals surface area contributed by atoms with Crippen molar-refractivity contribution in [1.29, 1.82) is 0 Å². The molecule has 1 spiro atoms. The molecule has 0 saturated heterocycles. The number of carbonyl (C=O) groups excluding carboxylic acids is 1. The average molecular weight is 254 g/mol. The van der Waals surface area contributed by atoms with Gasteiger partial charge >= 0.3 is 0 Å². The van der Waals surface area contributed by atoms with E-state index in [-0.39, 0.29) is 17.4 Å². The van der Waals surface area contributed by atoms with E-state index in [1.807, 2.05) is 6.92 Å². The van der Waals surface area contributed by atoms with Gasteiger partial charge in [0, 0.05) is 18.1 Å². The first-order chi connectivity index (χ1) is 8.60. The first kappa shape index (κ1) is 13.8. The van der Waals surface area contributed by atoms with Crippen LogP contribution in [0, 0.1) is 5.41 Å². The molecule has 18 heavy (non-hydrogen) atoms. The summed E-state index contributed by atoms with van der Waals surface area (Å²) < 4.78 is 5.89. The van der Waals surface area contributed by atoms with Crippen molar-refractivity contribution in [3.8, 4) is 0 Å². The van der Waals surface area contributed by atoms with Gasteiger partial charge in [0.1, 0.15) is 0 Å². The second-order valence-electron chi connectivity index (χ2n) is 5.82. The maximum Gasteiger partial charge on any atom is 0.234 e. The van der Waals surface area contributed by atoms with Crippen molar-refractivity contribution in [3.05, 3.63) is 0 Å². The Kier molecular flexibility index (Phi) is 4.28. The van der Waals surface area contributed by atoms with Crippen molar-refractivity contribution < 1.29 is 9.53 Å². The van der Waals surface area contributed by atoms with Gasteiger partial charge in [-0.25, -0.2) is 0 Å². The van der Waals surface area contributed by atoms with E-state index in [2.05, 4.69) is 12.2 Å². The number of nitrogens with two attached hydrogens (primary N) is 1. The minimum absolute atomic E-state index is 0.239. The van der Waals surface area contributed by atoms with Crippen molar-refractivity contribution in [2.75, 3.05) is 6.61 Å². The van der Waals surface area contributed by atoms with Crippen molar-refractivity contribution in [2.45, 2.75) is 70.6 Å². The van der Waals surface area contributed by atoms with Gasteiger partial charge in [0.15, 0.2) is 0 Å². The van der Waals surface area contributed by atoms with Gasteiger partial charge in [0.2, 0.25) is 5.91 Å². The predicted molar refractivity (Wildman–Crippen MR) is 71.1 cm³/mol. The third kappa shape index (κ3) is 2.41. The molecule has 0 aliphatic heterocycles. The van der Waals surface area contributed by atoms with E-state index in [1.54, 1.807) is 0 Å². The Morgan fingerprint density at radius 3 is 2.67 bits per heavy atom. The maximum atomic E-state index is 11.2. The largest absolute Gasteiger partial charge is 0.378 e. The van der Waals surface area contributed by atoms with Crippen molar-refractivity contribution >= 4 is 5.91 Å². The van der Waals surface area contributed by atoms with Crippen LogP contribution in [0.3, 0.4) is 0 Å². The molecule has 104 valence electrons. The molecule has 3 N–H and O–H groups in total. The Balaban J connectivity index is 2.00. The van der Waals surface area contributed by atoms with Crippen LogP contribution in [0.2, 0.25) is 0 Å². The van der Waals surface area contributed by atoms with Crippen LogP contribution in [0.4, 0.5) is 0 Å². The molecule has 4 nitrogen and oxygen atoms in total. The summed E-state index contributed by atoms with van der Waals surface area (Å²) in [7, 11) is 0. The van der Waals surface area contributed by atoms with Gasteiger partial charge in [-0.1, -0.05) is 19.3 Å². The minimum Gasteiger partial charge on any atom is -0.378 e.